The molecule has 0 bridgehead atoms. The maximum atomic E-state index is 7.55. The molecule has 0 saturated carbocycles. The fourth-order valence-electron chi connectivity index (χ4n) is 1.75. The highest BCUT2D eigenvalue weighted by Crippen LogP contribution is 2.32. The summed E-state index contributed by atoms with van der Waals surface area (Å²) in [5.74, 6) is 2.26. The van der Waals surface area contributed by atoms with E-state index in [0.717, 1.165) is 0 Å². The lowest BCUT2D eigenvalue weighted by atomic mass is 10.2. The zero-order valence-electron chi connectivity index (χ0n) is 11.3. The predicted octanol–water partition coefficient (Wildman–Crippen LogP) is 2.78. The minimum absolute atomic E-state index is 0.0459. The van der Waals surface area contributed by atoms with Gasteiger partial charge < -0.3 is 19.9 Å². The predicted molar refractivity (Wildman–Crippen MR) is 77.1 cm³/mol. The van der Waals surface area contributed by atoms with E-state index in [1.54, 1.807) is 50.6 Å². The summed E-state index contributed by atoms with van der Waals surface area (Å²) in [5, 5.41) is 7.55. The first-order chi connectivity index (χ1) is 9.63. The first-order valence-corrected chi connectivity index (χ1v) is 5.98. The highest BCUT2D eigenvalue weighted by Gasteiger charge is 2.09. The van der Waals surface area contributed by atoms with Crippen LogP contribution in [0, 0.1) is 5.41 Å². The number of hydrogen-bond donors (Lipinski definition) is 2. The minimum atomic E-state index is -0.0459. The average Bonchev–Trinajstić information content (AvgIpc) is 2.47. The third-order valence-electron chi connectivity index (χ3n) is 2.73. The first-order valence-electron chi connectivity index (χ1n) is 5.98. The van der Waals surface area contributed by atoms with Gasteiger partial charge in [0.1, 0.15) is 28.8 Å². The molecular weight excluding hydrogens is 256 g/mol. The van der Waals surface area contributed by atoms with Crippen molar-refractivity contribution in [3.05, 3.63) is 48.0 Å². The molecule has 0 aliphatic carbocycles. The van der Waals surface area contributed by atoms with Crippen molar-refractivity contribution in [3.8, 4) is 23.0 Å². The van der Waals surface area contributed by atoms with Gasteiger partial charge in [0, 0.05) is 18.2 Å². The monoisotopic (exact) mass is 272 g/mol. The van der Waals surface area contributed by atoms with Gasteiger partial charge in [0.05, 0.1) is 19.8 Å². The largest absolute Gasteiger partial charge is 0.496 e. The zero-order valence-corrected chi connectivity index (χ0v) is 11.3. The van der Waals surface area contributed by atoms with Crippen molar-refractivity contribution >= 4 is 5.84 Å². The molecule has 0 aliphatic heterocycles. The van der Waals surface area contributed by atoms with Crippen molar-refractivity contribution in [2.24, 2.45) is 5.73 Å². The molecule has 0 atom stereocenters. The molecule has 0 aromatic heterocycles. The van der Waals surface area contributed by atoms with Crippen molar-refractivity contribution in [1.29, 1.82) is 5.41 Å². The summed E-state index contributed by atoms with van der Waals surface area (Å²) in [6.07, 6.45) is 0. The van der Waals surface area contributed by atoms with E-state index in [1.165, 1.54) is 0 Å². The number of hydrogen-bond acceptors (Lipinski definition) is 4. The third kappa shape index (κ3) is 3.00. The van der Waals surface area contributed by atoms with Crippen LogP contribution in [0.3, 0.4) is 0 Å². The maximum absolute atomic E-state index is 7.55. The molecule has 0 aliphatic rings. The molecule has 2 aromatic carbocycles. The fourth-order valence-corrected chi connectivity index (χ4v) is 1.75. The normalized spacial score (nSPS) is 9.90. The number of methoxy groups -OCH3 is 2. The molecular formula is C15H16N2O3. The molecule has 20 heavy (non-hydrogen) atoms. The van der Waals surface area contributed by atoms with Gasteiger partial charge in [-0.2, -0.15) is 0 Å². The quantitative estimate of drug-likeness (QED) is 0.648. The Bertz CT molecular complexity index is 604. The van der Waals surface area contributed by atoms with Crippen LogP contribution >= 0.6 is 0 Å². The topological polar surface area (TPSA) is 77.6 Å². The number of rotatable bonds is 5. The second-order valence-corrected chi connectivity index (χ2v) is 4.06. The van der Waals surface area contributed by atoms with Crippen molar-refractivity contribution in [2.75, 3.05) is 14.2 Å². The summed E-state index contributed by atoms with van der Waals surface area (Å²) in [7, 11) is 3.14. The van der Waals surface area contributed by atoms with Gasteiger partial charge in [0.2, 0.25) is 0 Å². The second-order valence-electron chi connectivity index (χ2n) is 4.06. The Balaban J connectivity index is 2.37. The SMILES string of the molecule is COc1cc(OC)cc(Oc2ccccc2C(=N)N)c1. The van der Waals surface area contributed by atoms with Crippen molar-refractivity contribution in [3.63, 3.8) is 0 Å². The Morgan fingerprint density at radius 3 is 2.05 bits per heavy atom. The lowest BCUT2D eigenvalue weighted by molar-refractivity contribution is 0.386. The van der Waals surface area contributed by atoms with E-state index in [0.29, 0.717) is 28.6 Å². The van der Waals surface area contributed by atoms with E-state index < -0.39 is 0 Å². The number of nitrogen functional groups attached to an aromatic ring is 1. The van der Waals surface area contributed by atoms with Crippen LogP contribution in [0.2, 0.25) is 0 Å². The Labute approximate surface area is 117 Å². The van der Waals surface area contributed by atoms with E-state index >= 15 is 0 Å². The fraction of sp³-hybridized carbons (Fsp3) is 0.133. The van der Waals surface area contributed by atoms with Crippen LogP contribution in [0.5, 0.6) is 23.0 Å². The van der Waals surface area contributed by atoms with Gasteiger partial charge in [-0.3, -0.25) is 5.41 Å². The lowest BCUT2D eigenvalue weighted by Crippen LogP contribution is -2.12. The van der Waals surface area contributed by atoms with E-state index in [-0.39, 0.29) is 5.84 Å². The summed E-state index contributed by atoms with van der Waals surface area (Å²) in [4.78, 5) is 0. The van der Waals surface area contributed by atoms with Crippen LogP contribution in [0.1, 0.15) is 5.56 Å². The smallest absolute Gasteiger partial charge is 0.138 e. The van der Waals surface area contributed by atoms with Crippen LogP contribution in [0.25, 0.3) is 0 Å². The van der Waals surface area contributed by atoms with Gasteiger partial charge in [-0.05, 0) is 12.1 Å². The van der Waals surface area contributed by atoms with Gasteiger partial charge in [-0.25, -0.2) is 0 Å². The standard InChI is InChI=1S/C15H16N2O3/c1-18-10-7-11(19-2)9-12(8-10)20-14-6-4-3-5-13(14)15(16)17/h3-9H,1-2H3,(H3,16,17). The summed E-state index contributed by atoms with van der Waals surface area (Å²) in [6, 6.07) is 12.3. The molecule has 104 valence electrons. The molecule has 0 saturated heterocycles. The van der Waals surface area contributed by atoms with Gasteiger partial charge in [-0.1, -0.05) is 12.1 Å². The Morgan fingerprint density at radius 1 is 0.950 bits per heavy atom. The zero-order chi connectivity index (χ0) is 14.5. The minimum Gasteiger partial charge on any atom is -0.496 e. The van der Waals surface area contributed by atoms with E-state index in [9.17, 15) is 0 Å². The number of para-hydroxylation sites is 1. The highest BCUT2D eigenvalue weighted by atomic mass is 16.5. The molecule has 0 heterocycles. The number of nitrogens with one attached hydrogen (secondary N) is 1. The van der Waals surface area contributed by atoms with Crippen molar-refractivity contribution in [2.45, 2.75) is 0 Å². The molecule has 0 spiro atoms. The van der Waals surface area contributed by atoms with Gasteiger partial charge in [-0.15, -0.1) is 0 Å². The Morgan fingerprint density at radius 2 is 1.50 bits per heavy atom. The Kier molecular flexibility index (Phi) is 4.10. The number of amidine groups is 1. The molecule has 0 unspecified atom stereocenters. The van der Waals surface area contributed by atoms with Crippen molar-refractivity contribution in [1.82, 2.24) is 0 Å². The first kappa shape index (κ1) is 13.7. The second kappa shape index (κ2) is 5.97. The highest BCUT2D eigenvalue weighted by molar-refractivity contribution is 5.97. The number of nitrogens with two attached hydrogens (primary N) is 1. The van der Waals surface area contributed by atoms with E-state index in [2.05, 4.69) is 0 Å². The van der Waals surface area contributed by atoms with Crippen LogP contribution in [-0.4, -0.2) is 20.1 Å². The van der Waals surface area contributed by atoms with E-state index in [1.807, 2.05) is 6.07 Å². The summed E-state index contributed by atoms with van der Waals surface area (Å²) >= 11 is 0. The van der Waals surface area contributed by atoms with Gasteiger partial charge in [0.25, 0.3) is 0 Å². The van der Waals surface area contributed by atoms with Gasteiger partial charge in [0.15, 0.2) is 0 Å². The number of benzene rings is 2. The number of ether oxygens (including phenoxy) is 3. The van der Waals surface area contributed by atoms with Crippen LogP contribution in [0.4, 0.5) is 0 Å². The molecule has 5 nitrogen and oxygen atoms in total. The van der Waals surface area contributed by atoms with E-state index in [4.69, 9.17) is 25.4 Å². The van der Waals surface area contributed by atoms with Crippen LogP contribution in [0.15, 0.2) is 42.5 Å². The van der Waals surface area contributed by atoms with Crippen molar-refractivity contribution < 1.29 is 14.2 Å². The lowest BCUT2D eigenvalue weighted by Gasteiger charge is -2.12. The Hall–Kier alpha value is -2.69. The summed E-state index contributed by atoms with van der Waals surface area (Å²) in [5.41, 5.74) is 6.07. The van der Waals surface area contributed by atoms with Gasteiger partial charge >= 0.3 is 0 Å². The summed E-state index contributed by atoms with van der Waals surface area (Å²) in [6.45, 7) is 0. The molecule has 5 heteroatoms. The maximum Gasteiger partial charge on any atom is 0.138 e. The molecule has 3 N–H and O–H groups in total. The average molecular weight is 272 g/mol. The molecule has 0 radical (unpaired) electrons. The molecule has 2 aromatic rings. The molecule has 0 amide bonds. The van der Waals surface area contributed by atoms with Crippen LogP contribution < -0.4 is 19.9 Å². The van der Waals surface area contributed by atoms with Crippen LogP contribution in [-0.2, 0) is 0 Å². The molecule has 2 rings (SSSR count). The molecule has 0 fully saturated rings. The third-order valence-corrected chi connectivity index (χ3v) is 2.73. The summed E-state index contributed by atoms with van der Waals surface area (Å²) < 4.78 is 16.1.